The van der Waals surface area contributed by atoms with Crippen LogP contribution in [0.3, 0.4) is 0 Å². The van der Waals surface area contributed by atoms with E-state index < -0.39 is 0 Å². The van der Waals surface area contributed by atoms with E-state index in [4.69, 9.17) is 0 Å². The third-order valence-corrected chi connectivity index (χ3v) is 2.65. The Morgan fingerprint density at radius 3 is 2.65 bits per heavy atom. The molecule has 86 valence electrons. The van der Waals surface area contributed by atoms with Gasteiger partial charge in [-0.25, -0.2) is 0 Å². The number of para-hydroxylation sites is 1. The summed E-state index contributed by atoms with van der Waals surface area (Å²) in [5.74, 6) is 0.201. The van der Waals surface area contributed by atoms with Gasteiger partial charge in [-0.3, -0.25) is 5.43 Å². The summed E-state index contributed by atoms with van der Waals surface area (Å²) in [6.07, 6.45) is 1.58. The molecular weight excluding hydrogens is 280 g/mol. The molecule has 0 fully saturated rings. The number of phenols is 1. The molecule has 3 nitrogen and oxygen atoms in total. The molecule has 2 N–H and O–H groups in total. The van der Waals surface area contributed by atoms with Gasteiger partial charge in [0.25, 0.3) is 0 Å². The number of phenolic OH excluding ortho intramolecular Hbond substituents is 1. The van der Waals surface area contributed by atoms with Crippen molar-refractivity contribution in [3.8, 4) is 5.75 Å². The minimum atomic E-state index is 0.201. The molecule has 2 aromatic rings. The zero-order valence-corrected chi connectivity index (χ0v) is 10.6. The van der Waals surface area contributed by atoms with E-state index >= 15 is 0 Å². The minimum Gasteiger partial charge on any atom is -0.507 e. The number of hydrazone groups is 1. The predicted molar refractivity (Wildman–Crippen MR) is 73.5 cm³/mol. The van der Waals surface area contributed by atoms with Gasteiger partial charge in [-0.15, -0.1) is 0 Å². The van der Waals surface area contributed by atoms with Crippen molar-refractivity contribution in [1.29, 1.82) is 0 Å². The van der Waals surface area contributed by atoms with Gasteiger partial charge in [0.05, 0.1) is 11.9 Å². The Hall–Kier alpha value is -1.81. The van der Waals surface area contributed by atoms with Crippen LogP contribution in [0, 0.1) is 0 Å². The third-order valence-electron chi connectivity index (χ3n) is 2.16. The second-order valence-corrected chi connectivity index (χ2v) is 4.35. The Labute approximate surface area is 108 Å². The second-order valence-electron chi connectivity index (χ2n) is 3.44. The molecule has 0 aliphatic heterocycles. The summed E-state index contributed by atoms with van der Waals surface area (Å²) in [7, 11) is 0. The molecule has 0 radical (unpaired) electrons. The SMILES string of the molecule is Oc1ccc(Br)cc1/C=N/Nc1ccccc1. The van der Waals surface area contributed by atoms with Gasteiger partial charge < -0.3 is 5.11 Å². The Kier molecular flexibility index (Phi) is 3.77. The van der Waals surface area contributed by atoms with Gasteiger partial charge in [0, 0.05) is 10.0 Å². The summed E-state index contributed by atoms with van der Waals surface area (Å²) in [6, 6.07) is 14.8. The Bertz CT molecular complexity index is 526. The fraction of sp³-hybridized carbons (Fsp3) is 0. The second kappa shape index (κ2) is 5.50. The molecule has 0 atom stereocenters. The number of benzene rings is 2. The summed E-state index contributed by atoms with van der Waals surface area (Å²) in [5.41, 5.74) is 4.44. The number of nitrogens with one attached hydrogen (secondary N) is 1. The van der Waals surface area contributed by atoms with Crippen molar-refractivity contribution in [2.75, 3.05) is 5.43 Å². The lowest BCUT2D eigenvalue weighted by molar-refractivity contribution is 0.474. The first-order valence-corrected chi connectivity index (χ1v) is 5.87. The Morgan fingerprint density at radius 2 is 1.88 bits per heavy atom. The molecular formula is C13H11BrN2O. The quantitative estimate of drug-likeness (QED) is 0.670. The van der Waals surface area contributed by atoms with E-state index in [0.717, 1.165) is 10.2 Å². The maximum atomic E-state index is 9.59. The molecule has 2 aromatic carbocycles. The van der Waals surface area contributed by atoms with Crippen molar-refractivity contribution < 1.29 is 5.11 Å². The smallest absolute Gasteiger partial charge is 0.124 e. The normalized spacial score (nSPS) is 10.6. The van der Waals surface area contributed by atoms with Gasteiger partial charge in [0.15, 0.2) is 0 Å². The lowest BCUT2D eigenvalue weighted by atomic mass is 10.2. The van der Waals surface area contributed by atoms with Crippen LogP contribution in [0.5, 0.6) is 5.75 Å². The molecule has 0 aliphatic rings. The number of rotatable bonds is 3. The highest BCUT2D eigenvalue weighted by molar-refractivity contribution is 9.10. The first-order chi connectivity index (χ1) is 8.25. The topological polar surface area (TPSA) is 44.6 Å². The van der Waals surface area contributed by atoms with Crippen LogP contribution in [0.1, 0.15) is 5.56 Å². The fourth-order valence-electron chi connectivity index (χ4n) is 1.32. The minimum absolute atomic E-state index is 0.201. The van der Waals surface area contributed by atoms with E-state index in [1.165, 1.54) is 0 Å². The number of halogens is 1. The van der Waals surface area contributed by atoms with Crippen LogP contribution >= 0.6 is 15.9 Å². The van der Waals surface area contributed by atoms with E-state index in [0.29, 0.717) is 5.56 Å². The van der Waals surface area contributed by atoms with Crippen LogP contribution in [-0.2, 0) is 0 Å². The molecule has 0 saturated heterocycles. The van der Waals surface area contributed by atoms with E-state index in [9.17, 15) is 5.11 Å². The average Bonchev–Trinajstić information content (AvgIpc) is 2.35. The van der Waals surface area contributed by atoms with Crippen molar-refractivity contribution in [1.82, 2.24) is 0 Å². The monoisotopic (exact) mass is 290 g/mol. The standard InChI is InChI=1S/C13H11BrN2O/c14-11-6-7-13(17)10(8-11)9-15-16-12-4-2-1-3-5-12/h1-9,16-17H/b15-9+. The van der Waals surface area contributed by atoms with E-state index in [1.54, 1.807) is 24.4 Å². The molecule has 2 rings (SSSR count). The molecule has 17 heavy (non-hydrogen) atoms. The van der Waals surface area contributed by atoms with Gasteiger partial charge in [0.1, 0.15) is 5.75 Å². The van der Waals surface area contributed by atoms with Gasteiger partial charge in [0.2, 0.25) is 0 Å². The highest BCUT2D eigenvalue weighted by Crippen LogP contribution is 2.20. The highest BCUT2D eigenvalue weighted by Gasteiger charge is 1.98. The van der Waals surface area contributed by atoms with Crippen molar-refractivity contribution >= 4 is 27.8 Å². The van der Waals surface area contributed by atoms with Gasteiger partial charge in [-0.05, 0) is 30.3 Å². The molecule has 0 heterocycles. The molecule has 0 aromatic heterocycles. The molecule has 0 spiro atoms. The molecule has 4 heteroatoms. The molecule has 0 amide bonds. The van der Waals surface area contributed by atoms with Crippen LogP contribution in [-0.4, -0.2) is 11.3 Å². The molecule has 0 bridgehead atoms. The summed E-state index contributed by atoms with van der Waals surface area (Å²) in [6.45, 7) is 0. The number of aromatic hydroxyl groups is 1. The maximum absolute atomic E-state index is 9.59. The Morgan fingerprint density at radius 1 is 1.12 bits per heavy atom. The van der Waals surface area contributed by atoms with Crippen molar-refractivity contribution in [2.45, 2.75) is 0 Å². The van der Waals surface area contributed by atoms with Crippen LogP contribution in [0.4, 0.5) is 5.69 Å². The molecule has 0 saturated carbocycles. The van der Waals surface area contributed by atoms with Crippen LogP contribution in [0.25, 0.3) is 0 Å². The van der Waals surface area contributed by atoms with Crippen LogP contribution in [0.15, 0.2) is 58.1 Å². The highest BCUT2D eigenvalue weighted by atomic mass is 79.9. The van der Waals surface area contributed by atoms with Gasteiger partial charge in [-0.2, -0.15) is 5.10 Å². The summed E-state index contributed by atoms with van der Waals surface area (Å²) in [5, 5.41) is 13.7. The average molecular weight is 291 g/mol. The summed E-state index contributed by atoms with van der Waals surface area (Å²) >= 11 is 3.34. The summed E-state index contributed by atoms with van der Waals surface area (Å²) < 4.78 is 0.900. The summed E-state index contributed by atoms with van der Waals surface area (Å²) in [4.78, 5) is 0. The first kappa shape index (κ1) is 11.7. The number of nitrogens with zero attached hydrogens (tertiary/aromatic N) is 1. The predicted octanol–water partition coefficient (Wildman–Crippen LogP) is 3.60. The fourth-order valence-corrected chi connectivity index (χ4v) is 1.70. The van der Waals surface area contributed by atoms with E-state index in [2.05, 4.69) is 26.5 Å². The zero-order valence-electron chi connectivity index (χ0n) is 8.97. The van der Waals surface area contributed by atoms with E-state index in [1.807, 2.05) is 30.3 Å². The third kappa shape index (κ3) is 3.32. The lowest BCUT2D eigenvalue weighted by Gasteiger charge is -2.00. The van der Waals surface area contributed by atoms with Gasteiger partial charge in [-0.1, -0.05) is 34.1 Å². The first-order valence-electron chi connectivity index (χ1n) is 5.08. The molecule has 0 aliphatic carbocycles. The number of hydrogen-bond acceptors (Lipinski definition) is 3. The maximum Gasteiger partial charge on any atom is 0.124 e. The number of hydrogen-bond donors (Lipinski definition) is 2. The van der Waals surface area contributed by atoms with Crippen molar-refractivity contribution in [3.05, 3.63) is 58.6 Å². The van der Waals surface area contributed by atoms with Crippen LogP contribution in [0.2, 0.25) is 0 Å². The van der Waals surface area contributed by atoms with Crippen LogP contribution < -0.4 is 5.43 Å². The lowest BCUT2D eigenvalue weighted by Crippen LogP contribution is -1.90. The number of anilines is 1. The molecule has 0 unspecified atom stereocenters. The Balaban J connectivity index is 2.08. The van der Waals surface area contributed by atoms with Crippen molar-refractivity contribution in [2.24, 2.45) is 5.10 Å². The largest absolute Gasteiger partial charge is 0.507 e. The zero-order chi connectivity index (χ0) is 12.1. The van der Waals surface area contributed by atoms with Crippen molar-refractivity contribution in [3.63, 3.8) is 0 Å². The van der Waals surface area contributed by atoms with Gasteiger partial charge >= 0.3 is 0 Å². The van der Waals surface area contributed by atoms with E-state index in [-0.39, 0.29) is 5.75 Å².